The van der Waals surface area contributed by atoms with E-state index >= 15 is 0 Å². The number of para-hydroxylation sites is 2. The van der Waals surface area contributed by atoms with Crippen LogP contribution in [0.25, 0.3) is 0 Å². The molecule has 0 spiro atoms. The normalized spacial score (nSPS) is 11.1. The Morgan fingerprint density at radius 2 is 1.66 bits per heavy atom. The van der Waals surface area contributed by atoms with Crippen molar-refractivity contribution < 1.29 is 17.9 Å². The van der Waals surface area contributed by atoms with E-state index in [9.17, 15) is 13.2 Å². The molecule has 0 aliphatic heterocycles. The third-order valence-corrected chi connectivity index (χ3v) is 6.60. The zero-order valence-electron chi connectivity index (χ0n) is 17.9. The van der Waals surface area contributed by atoms with Crippen LogP contribution in [0.2, 0.25) is 0 Å². The van der Waals surface area contributed by atoms with Crippen molar-refractivity contribution in [2.45, 2.75) is 13.5 Å². The number of rotatable bonds is 9. The lowest BCUT2D eigenvalue weighted by atomic mass is 10.1. The molecule has 0 aliphatic rings. The largest absolute Gasteiger partial charge is 0.491 e. The number of aryl methyl sites for hydroxylation is 1. The molecule has 0 aromatic heterocycles. The molecule has 0 saturated heterocycles. The molecule has 3 aromatic rings. The predicted molar refractivity (Wildman–Crippen MR) is 131 cm³/mol. The van der Waals surface area contributed by atoms with Crippen molar-refractivity contribution >= 4 is 37.5 Å². The summed E-state index contributed by atoms with van der Waals surface area (Å²) in [6.07, 6.45) is 1.17. The Morgan fingerprint density at radius 1 is 1.00 bits per heavy atom. The molecule has 1 N–H and O–H groups in total. The van der Waals surface area contributed by atoms with Crippen LogP contribution in [0.3, 0.4) is 0 Å². The van der Waals surface area contributed by atoms with Crippen molar-refractivity contribution in [3.05, 3.63) is 94.0 Å². The number of hydrogen-bond acceptors (Lipinski definition) is 4. The fourth-order valence-electron chi connectivity index (χ4n) is 3.11. The quantitative estimate of drug-likeness (QED) is 0.424. The standard InChI is InChI=1S/C24H25BrN2O4S/c1-18-7-3-6-10-23(18)31-16-15-26-24(28)20-13-11-19(12-14-20)17-27(32(2,29)30)22-9-5-4-8-21(22)25/h3-14H,15-17H2,1-2H3,(H,26,28). The third-order valence-electron chi connectivity index (χ3n) is 4.80. The summed E-state index contributed by atoms with van der Waals surface area (Å²) < 4.78 is 32.4. The molecule has 8 heteroatoms. The molecule has 3 aromatic carbocycles. The first-order chi connectivity index (χ1) is 15.3. The first-order valence-electron chi connectivity index (χ1n) is 10.0. The summed E-state index contributed by atoms with van der Waals surface area (Å²) in [6.45, 7) is 2.87. The van der Waals surface area contributed by atoms with Crippen LogP contribution in [0, 0.1) is 6.92 Å². The van der Waals surface area contributed by atoms with Crippen LogP contribution in [-0.4, -0.2) is 33.7 Å². The average Bonchev–Trinajstić information content (AvgIpc) is 2.76. The summed E-state index contributed by atoms with van der Waals surface area (Å²) in [5.41, 5.74) is 2.87. The second-order valence-corrected chi connectivity index (χ2v) is 10.0. The molecule has 0 aliphatic carbocycles. The smallest absolute Gasteiger partial charge is 0.251 e. The molecule has 6 nitrogen and oxygen atoms in total. The number of halogens is 1. The molecule has 0 radical (unpaired) electrons. The summed E-state index contributed by atoms with van der Waals surface area (Å²) in [5.74, 6) is 0.585. The van der Waals surface area contributed by atoms with Gasteiger partial charge < -0.3 is 10.1 Å². The van der Waals surface area contributed by atoms with Crippen molar-refractivity contribution in [3.63, 3.8) is 0 Å². The van der Waals surface area contributed by atoms with Crippen LogP contribution >= 0.6 is 15.9 Å². The predicted octanol–water partition coefficient (Wildman–Crippen LogP) is 4.53. The molecule has 0 atom stereocenters. The van der Waals surface area contributed by atoms with Gasteiger partial charge in [0.2, 0.25) is 10.0 Å². The van der Waals surface area contributed by atoms with Crippen LogP contribution in [0.1, 0.15) is 21.5 Å². The summed E-state index contributed by atoms with van der Waals surface area (Å²) in [4.78, 5) is 12.4. The number of amides is 1. The van der Waals surface area contributed by atoms with Gasteiger partial charge in [-0.25, -0.2) is 8.42 Å². The number of carbonyl (C=O) groups excluding carboxylic acids is 1. The minimum atomic E-state index is -3.50. The van der Waals surface area contributed by atoms with Gasteiger partial charge in [0, 0.05) is 10.0 Å². The summed E-state index contributed by atoms with van der Waals surface area (Å²) in [7, 11) is -3.50. The highest BCUT2D eigenvalue weighted by molar-refractivity contribution is 9.10. The maximum absolute atomic E-state index is 12.4. The third kappa shape index (κ3) is 6.34. The second-order valence-electron chi connectivity index (χ2n) is 7.29. The van der Waals surface area contributed by atoms with E-state index < -0.39 is 10.0 Å². The van der Waals surface area contributed by atoms with E-state index in [-0.39, 0.29) is 12.5 Å². The van der Waals surface area contributed by atoms with Crippen LogP contribution in [0.4, 0.5) is 5.69 Å². The van der Waals surface area contributed by atoms with Crippen LogP contribution in [0.5, 0.6) is 5.75 Å². The summed E-state index contributed by atoms with van der Waals surface area (Å²) in [6, 6.07) is 21.8. The molecule has 3 rings (SSSR count). The molecule has 168 valence electrons. The number of nitrogens with zero attached hydrogens (tertiary/aromatic N) is 1. The zero-order chi connectivity index (χ0) is 23.1. The SMILES string of the molecule is Cc1ccccc1OCCNC(=O)c1ccc(CN(c2ccccc2Br)S(C)(=O)=O)cc1. The first-order valence-corrected chi connectivity index (χ1v) is 12.7. The van der Waals surface area contributed by atoms with Crippen molar-refractivity contribution in [1.29, 1.82) is 0 Å². The van der Waals surface area contributed by atoms with Gasteiger partial charge in [-0.05, 0) is 64.3 Å². The topological polar surface area (TPSA) is 75.7 Å². The van der Waals surface area contributed by atoms with Crippen LogP contribution in [0.15, 0.2) is 77.3 Å². The monoisotopic (exact) mass is 516 g/mol. The van der Waals surface area contributed by atoms with Crippen molar-refractivity contribution in [3.8, 4) is 5.75 Å². The fourth-order valence-corrected chi connectivity index (χ4v) is 4.62. The Balaban J connectivity index is 1.59. The molecular weight excluding hydrogens is 492 g/mol. The van der Waals surface area contributed by atoms with Gasteiger partial charge in [-0.3, -0.25) is 9.10 Å². The number of nitrogens with one attached hydrogen (secondary N) is 1. The highest BCUT2D eigenvalue weighted by atomic mass is 79.9. The van der Waals surface area contributed by atoms with Crippen molar-refractivity contribution in [2.75, 3.05) is 23.7 Å². The highest BCUT2D eigenvalue weighted by Gasteiger charge is 2.20. The van der Waals surface area contributed by atoms with Crippen molar-refractivity contribution in [1.82, 2.24) is 5.32 Å². The molecule has 32 heavy (non-hydrogen) atoms. The molecule has 0 fully saturated rings. The lowest BCUT2D eigenvalue weighted by Crippen LogP contribution is -2.30. The van der Waals surface area contributed by atoms with Crippen LogP contribution in [-0.2, 0) is 16.6 Å². The molecule has 1 amide bonds. The maximum atomic E-state index is 12.4. The molecule has 0 unspecified atom stereocenters. The number of hydrogen-bond donors (Lipinski definition) is 1. The Kier molecular flexibility index (Phi) is 7.93. The summed E-state index contributed by atoms with van der Waals surface area (Å²) >= 11 is 3.41. The molecule has 0 saturated carbocycles. The van der Waals surface area contributed by atoms with Gasteiger partial charge in [-0.15, -0.1) is 0 Å². The number of carbonyl (C=O) groups is 1. The number of ether oxygens (including phenoxy) is 1. The van der Waals surface area contributed by atoms with Gasteiger partial charge >= 0.3 is 0 Å². The van der Waals surface area contributed by atoms with Gasteiger partial charge in [0.25, 0.3) is 5.91 Å². The van der Waals surface area contributed by atoms with E-state index in [0.717, 1.165) is 16.9 Å². The first kappa shape index (κ1) is 23.8. The Labute approximate surface area is 197 Å². The number of sulfonamides is 1. The van der Waals surface area contributed by atoms with Crippen LogP contribution < -0.4 is 14.4 Å². The Bertz CT molecular complexity index is 1180. The summed E-state index contributed by atoms with van der Waals surface area (Å²) in [5, 5.41) is 2.83. The Morgan fingerprint density at radius 3 is 2.31 bits per heavy atom. The van der Waals surface area contributed by atoms with E-state index in [4.69, 9.17) is 4.74 Å². The lowest BCUT2D eigenvalue weighted by Gasteiger charge is -2.23. The molecule has 0 heterocycles. The van der Waals surface area contributed by atoms with E-state index in [1.807, 2.05) is 37.3 Å². The van der Waals surface area contributed by atoms with Gasteiger partial charge in [-0.1, -0.05) is 42.5 Å². The van der Waals surface area contributed by atoms with E-state index in [2.05, 4.69) is 21.2 Å². The molecular formula is C24H25BrN2O4S. The average molecular weight is 517 g/mol. The highest BCUT2D eigenvalue weighted by Crippen LogP contribution is 2.29. The second kappa shape index (κ2) is 10.7. The van der Waals surface area contributed by atoms with E-state index in [1.165, 1.54) is 10.6 Å². The molecule has 0 bridgehead atoms. The van der Waals surface area contributed by atoms with Crippen molar-refractivity contribution in [2.24, 2.45) is 0 Å². The minimum absolute atomic E-state index is 0.160. The van der Waals surface area contributed by atoms with E-state index in [0.29, 0.717) is 28.9 Å². The van der Waals surface area contributed by atoms with Gasteiger partial charge in [0.15, 0.2) is 0 Å². The maximum Gasteiger partial charge on any atom is 0.251 e. The minimum Gasteiger partial charge on any atom is -0.491 e. The number of anilines is 1. The lowest BCUT2D eigenvalue weighted by molar-refractivity contribution is 0.0947. The Hall–Kier alpha value is -2.84. The van der Waals surface area contributed by atoms with Gasteiger partial charge in [-0.2, -0.15) is 0 Å². The van der Waals surface area contributed by atoms with Gasteiger partial charge in [0.05, 0.1) is 25.0 Å². The van der Waals surface area contributed by atoms with Gasteiger partial charge in [0.1, 0.15) is 12.4 Å². The number of benzene rings is 3. The van der Waals surface area contributed by atoms with E-state index in [1.54, 1.807) is 42.5 Å². The fraction of sp³-hybridized carbons (Fsp3) is 0.208. The zero-order valence-corrected chi connectivity index (χ0v) is 20.3.